The summed E-state index contributed by atoms with van der Waals surface area (Å²) in [6.07, 6.45) is -12.6. The number of Topliss-reactive ketones (excluding diaryl/α,β-unsaturated/α-hetero) is 2. The summed E-state index contributed by atoms with van der Waals surface area (Å²) in [6.45, 7) is 16.6. The number of carbonyl (C=O) groups is 6. The number of methoxy groups -OCH3 is 4. The zero-order valence-corrected chi connectivity index (χ0v) is 65.3. The van der Waals surface area contributed by atoms with Crippen molar-refractivity contribution in [3.8, 4) is 23.0 Å². The van der Waals surface area contributed by atoms with Crippen LogP contribution in [0.4, 0.5) is 0 Å². The number of allylic oxidation sites excluding steroid dienone is 1. The second-order valence-corrected chi connectivity index (χ2v) is 31.9. The van der Waals surface area contributed by atoms with Crippen molar-refractivity contribution in [2.75, 3.05) is 60.6 Å². The summed E-state index contributed by atoms with van der Waals surface area (Å²) in [5.74, 6) is -1.12. The fraction of sp³-hybridized carbons (Fsp3) is 0.643. The number of ketones is 2. The third kappa shape index (κ3) is 20.5. The number of halogens is 1. The summed E-state index contributed by atoms with van der Waals surface area (Å²) >= 11 is 2.79. The molecule has 4 aliphatic heterocycles. The van der Waals surface area contributed by atoms with Gasteiger partial charge in [0.25, 0.3) is 0 Å². The van der Waals surface area contributed by atoms with Gasteiger partial charge in [-0.15, -0.1) is 0 Å². The number of carbonyl (C=O) groups excluding carboxylic acids is 6. The molecule has 19 atom stereocenters. The number of rotatable bonds is 32. The highest BCUT2D eigenvalue weighted by Gasteiger charge is 2.53. The van der Waals surface area contributed by atoms with Crippen LogP contribution in [0, 0.1) is 10.5 Å². The third-order valence-electron chi connectivity index (χ3n) is 18.6. The average Bonchev–Trinajstić information content (AvgIpc) is 0.738. The molecule has 2 bridgehead atoms. The average molecular weight is 1630 g/mol. The molecular weight excluding hydrogens is 1530 g/mol. The monoisotopic (exact) mass is 1630 g/mol. The fourth-order valence-corrected chi connectivity index (χ4v) is 17.3. The lowest BCUT2D eigenvalue weighted by Crippen LogP contribution is -2.65. The van der Waals surface area contributed by atoms with Gasteiger partial charge in [-0.2, -0.15) is 10.6 Å². The molecule has 0 radical (unpaired) electrons. The van der Waals surface area contributed by atoms with Crippen LogP contribution in [-0.2, 0) is 66.7 Å². The summed E-state index contributed by atoms with van der Waals surface area (Å²) < 4.78 is 73.0. The Kier molecular flexibility index (Phi) is 30.9. The van der Waals surface area contributed by atoms with Crippen LogP contribution in [0.5, 0.6) is 23.0 Å². The van der Waals surface area contributed by atoms with Crippen molar-refractivity contribution in [1.82, 2.24) is 21.1 Å². The molecule has 9 unspecified atom stereocenters. The quantitative estimate of drug-likeness (QED) is 0.0122. The van der Waals surface area contributed by atoms with E-state index in [4.69, 9.17) is 61.7 Å². The van der Waals surface area contributed by atoms with Gasteiger partial charge in [0.05, 0.1) is 95.8 Å². The highest BCUT2D eigenvalue weighted by molar-refractivity contribution is 14.1. The Labute approximate surface area is 630 Å². The second kappa shape index (κ2) is 38.0. The van der Waals surface area contributed by atoms with Crippen LogP contribution in [0.25, 0.3) is 0 Å². The number of aliphatic hydroxyl groups is 6. The number of hydrazone groups is 1. The minimum atomic E-state index is -1.90. The number of nitrogens with one attached hydrogen (secondary N) is 3. The number of likely N-dealkylation sites (N-methyl/N-ethyl adjacent to an activating group) is 1. The Morgan fingerprint density at radius 2 is 1.56 bits per heavy atom. The number of amides is 3. The number of hydrogen-bond donors (Lipinski definition) is 9. The van der Waals surface area contributed by atoms with Gasteiger partial charge >= 0.3 is 0 Å². The predicted molar refractivity (Wildman–Crippen MR) is 391 cm³/mol. The summed E-state index contributed by atoms with van der Waals surface area (Å²) in [6, 6.07) is 5.55. The second-order valence-electron chi connectivity index (χ2n) is 26.6. The maximum atomic E-state index is 14.5. The molecule has 9 N–H and O–H groups in total. The minimum absolute atomic E-state index is 0.00326. The van der Waals surface area contributed by atoms with Crippen molar-refractivity contribution in [1.29, 1.82) is 0 Å². The van der Waals surface area contributed by atoms with E-state index in [-0.39, 0.29) is 88.9 Å². The standard InChI is InChI=1S/C70H98IN5O25S3/c1-15-76(39(8)79)43-32-94-50(28-47(43)89-11)99-63-58(85)55(75-101-51-27-44(80)65(38(7)95-51)103-66(87)52-34(3)54(71)61(64(92-14)60(52)90-12)100-67-59(86)62(91-13)57(84)37(6)97-67)36(5)96-68(63)98-46-22-24-70(88)29-45(81)56(72-49(83)31-77)53(46)42(70)23-26-102-104-69(9,10)30-48(82)74-73-35(4)40-18-20-41(21-19-40)93-25-16-17-33(2)78/h18-24,36-38,43-44,46-47,50-51,55,57-59,62-63,65,67-68,75,77,80,84-86,88H,15-17,25-32H2,1-14H3,(H,72,83)(H,74,82)/b42-23+,73-35+/t36?,37?,38?,43-,44?,46-,47?,50-,51-,55+,57-,58?,59?,62?,63?,65+,67-,68-,70-/m0/s1. The van der Waals surface area contributed by atoms with Crippen LogP contribution in [0.15, 0.2) is 64.4 Å². The predicted octanol–water partition coefficient (Wildman–Crippen LogP) is 4.38. The first-order valence-electron chi connectivity index (χ1n) is 34.2. The number of ether oxygens (including phenoxy) is 12. The van der Waals surface area contributed by atoms with Crippen molar-refractivity contribution in [3.05, 3.63) is 79.6 Å². The molecule has 3 amide bonds. The first-order valence-corrected chi connectivity index (χ1v) is 38.4. The van der Waals surface area contributed by atoms with E-state index < -0.39 is 150 Å². The molecule has 2 aromatic rings. The lowest BCUT2D eigenvalue weighted by Gasteiger charge is -2.48. The smallest absolute Gasteiger partial charge is 0.250 e. The molecule has 30 nitrogen and oxygen atoms in total. The van der Waals surface area contributed by atoms with Crippen LogP contribution in [-0.4, -0.2) is 256 Å². The molecule has 6 aliphatic rings. The van der Waals surface area contributed by atoms with Gasteiger partial charge in [-0.05, 0) is 138 Å². The van der Waals surface area contributed by atoms with Gasteiger partial charge in [0, 0.05) is 75.9 Å². The largest absolute Gasteiger partial charge is 0.494 e. The Morgan fingerprint density at radius 3 is 2.19 bits per heavy atom. The molecule has 2 aliphatic carbocycles. The van der Waals surface area contributed by atoms with Crippen molar-refractivity contribution in [2.24, 2.45) is 5.10 Å². The van der Waals surface area contributed by atoms with E-state index in [1.54, 1.807) is 57.7 Å². The number of hydrogen-bond acceptors (Lipinski definition) is 30. The summed E-state index contributed by atoms with van der Waals surface area (Å²) in [7, 11) is 8.27. The number of hydroxylamine groups is 1. The molecule has 578 valence electrons. The molecule has 0 spiro atoms. The molecule has 2 aromatic carbocycles. The number of aliphatic hydroxyl groups excluding tert-OH is 5. The summed E-state index contributed by atoms with van der Waals surface area (Å²) in [5.41, 5.74) is 5.42. The van der Waals surface area contributed by atoms with Crippen LogP contribution >= 0.6 is 55.9 Å². The molecular formula is C70H98IN5O25S3. The van der Waals surface area contributed by atoms with E-state index in [1.165, 1.54) is 76.0 Å². The summed E-state index contributed by atoms with van der Waals surface area (Å²) in [5, 5.41) is 73.9. The van der Waals surface area contributed by atoms with Crippen molar-refractivity contribution < 1.29 is 121 Å². The van der Waals surface area contributed by atoms with E-state index in [0.29, 0.717) is 46.6 Å². The zero-order valence-electron chi connectivity index (χ0n) is 60.6. The lowest BCUT2D eigenvalue weighted by molar-refractivity contribution is -0.338. The maximum absolute atomic E-state index is 14.5. The Balaban J connectivity index is 0.974. The zero-order chi connectivity index (χ0) is 76.2. The molecule has 104 heavy (non-hydrogen) atoms. The Hall–Kier alpha value is -4.91. The first-order chi connectivity index (χ1) is 49.3. The highest BCUT2D eigenvalue weighted by Crippen LogP contribution is 2.50. The number of thioether (sulfide) groups is 1. The van der Waals surface area contributed by atoms with Gasteiger partial charge in [0.1, 0.15) is 60.4 Å². The molecule has 8 rings (SSSR count). The summed E-state index contributed by atoms with van der Waals surface area (Å²) in [4.78, 5) is 86.8. The first kappa shape index (κ1) is 84.7. The SMILES string of the molecule is CCN(C(C)=O)[C@H]1CO[C@@H](OC2C(O)[C@H](NO[C@H]3CC(O)[C@H](SC(=O)c4c(C)c(I)c(O[C@@H]5OC(C)[C@H](O)C(OC)C5O)c(OC)c4OC)C(C)O3)C(C)O[C@H]2O[C@H]2C=C[C@]3(O)CC(=O)C(NC(=O)CO)=C2/C3=C\CSSC(C)(C)CC(=O)N/N=C(\C)c2ccc(OCCCC(C)=O)cc2)CC1OC. The van der Waals surface area contributed by atoms with Crippen molar-refractivity contribution >= 4 is 96.1 Å². The van der Waals surface area contributed by atoms with E-state index in [1.807, 2.05) is 55.5 Å². The lowest BCUT2D eigenvalue weighted by atomic mass is 9.71. The van der Waals surface area contributed by atoms with Gasteiger partial charge < -0.3 is 102 Å². The number of nitrogens with zero attached hydrogens (tertiary/aromatic N) is 2. The number of fused-ring (bicyclic) bond motifs is 2. The highest BCUT2D eigenvalue weighted by atomic mass is 127. The van der Waals surface area contributed by atoms with E-state index in [0.717, 1.165) is 17.3 Å². The molecule has 34 heteroatoms. The minimum Gasteiger partial charge on any atom is -0.494 e. The van der Waals surface area contributed by atoms with Gasteiger partial charge in [-0.3, -0.25) is 28.8 Å². The van der Waals surface area contributed by atoms with Gasteiger partial charge in [0.2, 0.25) is 34.9 Å². The Bertz CT molecular complexity index is 3480. The van der Waals surface area contributed by atoms with Crippen molar-refractivity contribution in [2.45, 2.75) is 228 Å². The molecule has 4 heterocycles. The number of benzene rings is 2. The van der Waals surface area contributed by atoms with Gasteiger partial charge in [0.15, 0.2) is 36.2 Å². The topological polar surface area (TPSA) is 395 Å². The maximum Gasteiger partial charge on any atom is 0.250 e. The van der Waals surface area contributed by atoms with Gasteiger partial charge in [-0.25, -0.2) is 5.43 Å². The van der Waals surface area contributed by atoms with E-state index >= 15 is 0 Å². The van der Waals surface area contributed by atoms with Crippen LogP contribution in [0.1, 0.15) is 122 Å². The molecule has 0 aromatic heterocycles. The van der Waals surface area contributed by atoms with Crippen molar-refractivity contribution in [3.63, 3.8) is 0 Å². The van der Waals surface area contributed by atoms with E-state index in [2.05, 4.69) is 21.3 Å². The third-order valence-corrected chi connectivity index (χ3v) is 24.4. The van der Waals surface area contributed by atoms with Crippen LogP contribution < -0.4 is 35.2 Å². The molecule has 4 saturated heterocycles. The Morgan fingerprint density at radius 1 is 0.856 bits per heavy atom. The van der Waals surface area contributed by atoms with Crippen LogP contribution in [0.3, 0.4) is 0 Å². The fourth-order valence-electron chi connectivity index (χ4n) is 13.1. The van der Waals surface area contributed by atoms with E-state index in [9.17, 15) is 59.4 Å². The van der Waals surface area contributed by atoms with Gasteiger partial charge in [-0.1, -0.05) is 45.5 Å². The van der Waals surface area contributed by atoms with Crippen LogP contribution in [0.2, 0.25) is 0 Å². The normalized spacial score (nSPS) is 31.3. The molecule has 0 saturated carbocycles. The molecule has 4 fully saturated rings.